The predicted octanol–water partition coefficient (Wildman–Crippen LogP) is 0.819. The van der Waals surface area contributed by atoms with Crippen LogP contribution < -0.4 is 5.32 Å². The van der Waals surface area contributed by atoms with E-state index in [1.807, 2.05) is 0 Å². The van der Waals surface area contributed by atoms with E-state index in [4.69, 9.17) is 5.11 Å². The summed E-state index contributed by atoms with van der Waals surface area (Å²) in [5.74, 6) is -0.776. The molecule has 0 aromatic rings. The van der Waals surface area contributed by atoms with Crippen molar-refractivity contribution in [2.24, 2.45) is 5.92 Å². The minimum atomic E-state index is -0.935. The van der Waals surface area contributed by atoms with E-state index in [0.29, 0.717) is 12.5 Å². The molecule has 17 heavy (non-hydrogen) atoms. The molecular weight excluding hydrogens is 224 g/mol. The molecular formula is C11H18N2O4. The van der Waals surface area contributed by atoms with E-state index in [1.165, 1.54) is 4.90 Å². The second kappa shape index (κ2) is 6.22. The number of hydrogen-bond donors (Lipinski definition) is 2. The lowest BCUT2D eigenvalue weighted by molar-refractivity contribution is -0.137. The molecule has 0 aromatic heterocycles. The Labute approximate surface area is 100.0 Å². The molecule has 0 aromatic carbocycles. The van der Waals surface area contributed by atoms with Crippen LogP contribution in [0.5, 0.6) is 0 Å². The summed E-state index contributed by atoms with van der Waals surface area (Å²) in [7, 11) is 1.65. The fourth-order valence-electron chi connectivity index (χ4n) is 1.45. The largest absolute Gasteiger partial charge is 0.481 e. The highest BCUT2D eigenvalue weighted by molar-refractivity contribution is 5.94. The number of carboxylic acids is 1. The number of nitrogens with zero attached hydrogens (tertiary/aromatic N) is 1. The zero-order valence-electron chi connectivity index (χ0n) is 9.94. The Morgan fingerprint density at radius 1 is 1.29 bits per heavy atom. The van der Waals surface area contributed by atoms with E-state index >= 15 is 0 Å². The van der Waals surface area contributed by atoms with Crippen LogP contribution in [0.4, 0.5) is 4.79 Å². The first kappa shape index (κ1) is 13.5. The first-order valence-corrected chi connectivity index (χ1v) is 5.75. The van der Waals surface area contributed by atoms with E-state index in [9.17, 15) is 14.4 Å². The van der Waals surface area contributed by atoms with Gasteiger partial charge in [-0.3, -0.25) is 14.9 Å². The third-order valence-electron chi connectivity index (χ3n) is 2.62. The molecule has 0 bridgehead atoms. The summed E-state index contributed by atoms with van der Waals surface area (Å²) in [5.41, 5.74) is 0. The molecule has 0 unspecified atom stereocenters. The highest BCUT2D eigenvalue weighted by Crippen LogP contribution is 2.29. The molecule has 0 aliphatic heterocycles. The third-order valence-corrected chi connectivity index (χ3v) is 2.62. The van der Waals surface area contributed by atoms with Crippen molar-refractivity contribution in [3.63, 3.8) is 0 Å². The molecule has 0 atom stereocenters. The van der Waals surface area contributed by atoms with Gasteiger partial charge in [0.05, 0.1) is 0 Å². The smallest absolute Gasteiger partial charge is 0.323 e. The van der Waals surface area contributed by atoms with Crippen LogP contribution in [0.25, 0.3) is 0 Å². The van der Waals surface area contributed by atoms with E-state index < -0.39 is 17.9 Å². The molecule has 0 radical (unpaired) electrons. The quantitative estimate of drug-likeness (QED) is 0.722. The SMILES string of the molecule is CN(CC1CC1)C(=O)NC(=O)CCCC(=O)O. The number of carboxylic acid groups (broad SMARTS) is 1. The number of aliphatic carboxylic acids is 1. The lowest BCUT2D eigenvalue weighted by Gasteiger charge is -2.16. The van der Waals surface area contributed by atoms with Crippen molar-refractivity contribution >= 4 is 17.9 Å². The van der Waals surface area contributed by atoms with Crippen molar-refractivity contribution in [3.8, 4) is 0 Å². The topological polar surface area (TPSA) is 86.7 Å². The van der Waals surface area contributed by atoms with E-state index in [-0.39, 0.29) is 19.3 Å². The maximum atomic E-state index is 11.5. The Morgan fingerprint density at radius 3 is 2.47 bits per heavy atom. The van der Waals surface area contributed by atoms with Gasteiger partial charge in [-0.1, -0.05) is 0 Å². The van der Waals surface area contributed by atoms with Gasteiger partial charge in [0.2, 0.25) is 5.91 Å². The number of rotatable bonds is 6. The molecule has 0 saturated heterocycles. The van der Waals surface area contributed by atoms with Crippen molar-refractivity contribution < 1.29 is 19.5 Å². The van der Waals surface area contributed by atoms with Crippen molar-refractivity contribution in [2.45, 2.75) is 32.1 Å². The van der Waals surface area contributed by atoms with E-state index in [1.54, 1.807) is 7.05 Å². The number of carbonyl (C=O) groups excluding carboxylic acids is 2. The number of nitrogens with one attached hydrogen (secondary N) is 1. The van der Waals surface area contributed by atoms with E-state index in [2.05, 4.69) is 5.32 Å². The zero-order valence-corrected chi connectivity index (χ0v) is 9.94. The third kappa shape index (κ3) is 5.89. The van der Waals surface area contributed by atoms with Crippen LogP contribution in [-0.4, -0.2) is 41.5 Å². The van der Waals surface area contributed by atoms with Gasteiger partial charge in [0.1, 0.15) is 0 Å². The number of carbonyl (C=O) groups is 3. The van der Waals surface area contributed by atoms with Crippen LogP contribution in [-0.2, 0) is 9.59 Å². The Morgan fingerprint density at radius 2 is 1.94 bits per heavy atom. The maximum Gasteiger partial charge on any atom is 0.323 e. The van der Waals surface area contributed by atoms with Crippen molar-refractivity contribution in [1.29, 1.82) is 0 Å². The van der Waals surface area contributed by atoms with Crippen molar-refractivity contribution in [3.05, 3.63) is 0 Å². The first-order chi connectivity index (χ1) is 7.99. The molecule has 1 aliphatic rings. The zero-order chi connectivity index (χ0) is 12.8. The van der Waals surface area contributed by atoms with Gasteiger partial charge in [-0.2, -0.15) is 0 Å². The monoisotopic (exact) mass is 242 g/mol. The summed E-state index contributed by atoms with van der Waals surface area (Å²) in [6.07, 6.45) is 2.55. The second-order valence-electron chi connectivity index (χ2n) is 4.42. The Kier molecular flexibility index (Phi) is 4.93. The molecule has 0 spiro atoms. The molecule has 3 amide bonds. The summed E-state index contributed by atoms with van der Waals surface area (Å²) in [6, 6.07) is -0.405. The Balaban J connectivity index is 2.15. The predicted molar refractivity (Wildman–Crippen MR) is 60.4 cm³/mol. The number of amides is 3. The average Bonchev–Trinajstić information content (AvgIpc) is 3.00. The average molecular weight is 242 g/mol. The number of hydrogen-bond acceptors (Lipinski definition) is 3. The maximum absolute atomic E-state index is 11.5. The highest BCUT2D eigenvalue weighted by Gasteiger charge is 2.25. The Bertz CT molecular complexity index is 313. The molecule has 6 heteroatoms. The minimum Gasteiger partial charge on any atom is -0.481 e. The van der Waals surface area contributed by atoms with Gasteiger partial charge in [-0.05, 0) is 25.2 Å². The van der Waals surface area contributed by atoms with Crippen molar-refractivity contribution in [1.82, 2.24) is 10.2 Å². The van der Waals surface area contributed by atoms with Crippen molar-refractivity contribution in [2.75, 3.05) is 13.6 Å². The summed E-state index contributed by atoms with van der Waals surface area (Å²) in [5, 5.41) is 10.6. The first-order valence-electron chi connectivity index (χ1n) is 5.75. The lowest BCUT2D eigenvalue weighted by atomic mass is 10.2. The van der Waals surface area contributed by atoms with Gasteiger partial charge in [-0.15, -0.1) is 0 Å². The van der Waals surface area contributed by atoms with Gasteiger partial charge >= 0.3 is 12.0 Å². The molecule has 2 N–H and O–H groups in total. The highest BCUT2D eigenvalue weighted by atomic mass is 16.4. The van der Waals surface area contributed by atoms with Crippen LogP contribution in [0.2, 0.25) is 0 Å². The molecule has 1 saturated carbocycles. The fourth-order valence-corrected chi connectivity index (χ4v) is 1.45. The van der Waals surface area contributed by atoms with Crippen LogP contribution in [0.3, 0.4) is 0 Å². The molecule has 1 rings (SSSR count). The van der Waals surface area contributed by atoms with Crippen LogP contribution >= 0.6 is 0 Å². The summed E-state index contributed by atoms with van der Waals surface area (Å²) < 4.78 is 0. The lowest BCUT2D eigenvalue weighted by Crippen LogP contribution is -2.41. The second-order valence-corrected chi connectivity index (χ2v) is 4.42. The van der Waals surface area contributed by atoms with Gasteiger partial charge in [-0.25, -0.2) is 4.79 Å². The minimum absolute atomic E-state index is 0.0560. The van der Waals surface area contributed by atoms with Gasteiger partial charge in [0.25, 0.3) is 0 Å². The van der Waals surface area contributed by atoms with Crippen LogP contribution in [0.1, 0.15) is 32.1 Å². The summed E-state index contributed by atoms with van der Waals surface area (Å²) in [4.78, 5) is 34.5. The van der Waals surface area contributed by atoms with Crippen LogP contribution in [0.15, 0.2) is 0 Å². The molecule has 1 aliphatic carbocycles. The van der Waals surface area contributed by atoms with Crippen LogP contribution in [0, 0.1) is 5.92 Å². The molecule has 6 nitrogen and oxygen atoms in total. The molecule has 96 valence electrons. The van der Waals surface area contributed by atoms with Gasteiger partial charge in [0.15, 0.2) is 0 Å². The summed E-state index contributed by atoms with van der Waals surface area (Å²) in [6.45, 7) is 0.675. The summed E-state index contributed by atoms with van der Waals surface area (Å²) >= 11 is 0. The standard InChI is InChI=1S/C11H18N2O4/c1-13(7-8-5-6-8)11(17)12-9(14)3-2-4-10(15)16/h8H,2-7H2,1H3,(H,15,16)(H,12,14,17). The van der Waals surface area contributed by atoms with Gasteiger partial charge in [0, 0.05) is 26.4 Å². The number of urea groups is 1. The van der Waals surface area contributed by atoms with Gasteiger partial charge < -0.3 is 10.0 Å². The van der Waals surface area contributed by atoms with E-state index in [0.717, 1.165) is 12.8 Å². The number of imide groups is 1. The molecule has 1 fully saturated rings. The Hall–Kier alpha value is -1.59. The molecule has 0 heterocycles. The fraction of sp³-hybridized carbons (Fsp3) is 0.727. The normalized spacial score (nSPS) is 14.2.